The molecule has 0 amide bonds. The minimum absolute atomic E-state index is 0.0115. The van der Waals surface area contributed by atoms with E-state index in [0.29, 0.717) is 0 Å². The molecule has 1 heterocycles. The molecule has 2 rings (SSSR count). The molecule has 0 bridgehead atoms. The Labute approximate surface area is 140 Å². The van der Waals surface area contributed by atoms with Crippen molar-refractivity contribution in [1.29, 1.82) is 0 Å². The number of aromatic amines is 1. The van der Waals surface area contributed by atoms with Crippen molar-refractivity contribution < 1.29 is 24.2 Å². The molecule has 2 N–H and O–H groups in total. The summed E-state index contributed by atoms with van der Waals surface area (Å²) in [7, 11) is 2.48. The van der Waals surface area contributed by atoms with Gasteiger partial charge in [-0.2, -0.15) is 0 Å². The van der Waals surface area contributed by atoms with Gasteiger partial charge in [-0.05, 0) is 18.8 Å². The lowest BCUT2D eigenvalue weighted by Gasteiger charge is -2.30. The average Bonchev–Trinajstić information content (AvgIpc) is 2.60. The second kappa shape index (κ2) is 7.99. The van der Waals surface area contributed by atoms with Crippen LogP contribution in [0, 0.1) is 5.92 Å². The average molecular weight is 337 g/mol. The summed E-state index contributed by atoms with van der Waals surface area (Å²) in [5, 5.41) is 10.5. The highest BCUT2D eigenvalue weighted by molar-refractivity contribution is 5.92. The van der Waals surface area contributed by atoms with E-state index in [-0.39, 0.29) is 23.5 Å². The Morgan fingerprint density at radius 3 is 2.50 bits per heavy atom. The Balaban J connectivity index is 2.49. The predicted octanol–water partition coefficient (Wildman–Crippen LogP) is 2.09. The van der Waals surface area contributed by atoms with Crippen LogP contribution in [0.2, 0.25) is 0 Å². The SMILES string of the molecule is COC(=O)C[C@@H](c1c(O)c(C(=O)OC)c[nH]c1=O)C1CCCCC1. The quantitative estimate of drug-likeness (QED) is 0.797. The number of hydrogen-bond acceptors (Lipinski definition) is 6. The number of carbonyl (C=O) groups excluding carboxylic acids is 2. The lowest BCUT2D eigenvalue weighted by molar-refractivity contribution is -0.141. The van der Waals surface area contributed by atoms with E-state index in [2.05, 4.69) is 9.72 Å². The van der Waals surface area contributed by atoms with Gasteiger partial charge in [0.2, 0.25) is 0 Å². The maximum Gasteiger partial charge on any atom is 0.343 e. The smallest absolute Gasteiger partial charge is 0.343 e. The van der Waals surface area contributed by atoms with Gasteiger partial charge in [0.15, 0.2) is 0 Å². The molecule has 1 aromatic rings. The third-order valence-electron chi connectivity index (χ3n) is 4.71. The Bertz CT molecular complexity index is 660. The zero-order chi connectivity index (χ0) is 17.7. The van der Waals surface area contributed by atoms with E-state index in [0.717, 1.165) is 38.3 Å². The minimum atomic E-state index is -0.745. The molecule has 7 heteroatoms. The Morgan fingerprint density at radius 1 is 1.25 bits per heavy atom. The van der Waals surface area contributed by atoms with E-state index < -0.39 is 29.2 Å². The normalized spacial score (nSPS) is 16.4. The third-order valence-corrected chi connectivity index (χ3v) is 4.71. The van der Waals surface area contributed by atoms with Crippen LogP contribution in [0.5, 0.6) is 5.75 Å². The fourth-order valence-electron chi connectivity index (χ4n) is 3.45. The summed E-state index contributed by atoms with van der Waals surface area (Å²) in [5.74, 6) is -2.02. The standard InChI is InChI=1S/C17H23NO6/c1-23-13(19)8-11(10-6-4-3-5-7-10)14-15(20)12(17(22)24-2)9-18-16(14)21/h9-11H,3-8H2,1-2H3,(H2,18,20,21)/t11-/m1/s1. The highest BCUT2D eigenvalue weighted by Crippen LogP contribution is 2.40. The van der Waals surface area contributed by atoms with Gasteiger partial charge in [0.05, 0.1) is 26.2 Å². The fraction of sp³-hybridized carbons (Fsp3) is 0.588. The van der Waals surface area contributed by atoms with Crippen LogP contribution in [0.3, 0.4) is 0 Å². The van der Waals surface area contributed by atoms with Crippen molar-refractivity contribution >= 4 is 11.9 Å². The van der Waals surface area contributed by atoms with Crippen LogP contribution in [0.1, 0.15) is 60.4 Å². The number of esters is 2. The summed E-state index contributed by atoms with van der Waals surface area (Å²) in [5.41, 5.74) is -0.549. The molecular weight excluding hydrogens is 314 g/mol. The van der Waals surface area contributed by atoms with Crippen LogP contribution >= 0.6 is 0 Å². The predicted molar refractivity (Wildman–Crippen MR) is 86.0 cm³/mol. The Morgan fingerprint density at radius 2 is 1.92 bits per heavy atom. The molecule has 0 radical (unpaired) electrons. The van der Waals surface area contributed by atoms with Crippen molar-refractivity contribution in [2.45, 2.75) is 44.4 Å². The van der Waals surface area contributed by atoms with Crippen LogP contribution in [0.25, 0.3) is 0 Å². The molecule has 1 saturated carbocycles. The zero-order valence-corrected chi connectivity index (χ0v) is 14.0. The number of pyridine rings is 1. The molecule has 1 aliphatic rings. The number of aromatic hydroxyl groups is 1. The largest absolute Gasteiger partial charge is 0.506 e. The van der Waals surface area contributed by atoms with Crippen LogP contribution in [0.15, 0.2) is 11.0 Å². The third kappa shape index (κ3) is 3.77. The van der Waals surface area contributed by atoms with Crippen molar-refractivity contribution in [3.05, 3.63) is 27.7 Å². The van der Waals surface area contributed by atoms with E-state index in [1.807, 2.05) is 0 Å². The number of methoxy groups -OCH3 is 2. The second-order valence-corrected chi connectivity index (χ2v) is 6.07. The molecule has 1 aliphatic carbocycles. The van der Waals surface area contributed by atoms with Gasteiger partial charge in [0.25, 0.3) is 5.56 Å². The molecule has 132 valence electrons. The van der Waals surface area contributed by atoms with Crippen LogP contribution in [0.4, 0.5) is 0 Å². The highest BCUT2D eigenvalue weighted by Gasteiger charge is 2.33. The lowest BCUT2D eigenvalue weighted by Crippen LogP contribution is -2.27. The molecule has 0 unspecified atom stereocenters. The monoisotopic (exact) mass is 337 g/mol. The van der Waals surface area contributed by atoms with Gasteiger partial charge in [0, 0.05) is 12.1 Å². The van der Waals surface area contributed by atoms with E-state index in [1.54, 1.807) is 0 Å². The minimum Gasteiger partial charge on any atom is -0.506 e. The van der Waals surface area contributed by atoms with Crippen LogP contribution < -0.4 is 5.56 Å². The summed E-state index contributed by atoms with van der Waals surface area (Å²) in [4.78, 5) is 38.4. The number of rotatable bonds is 5. The maximum atomic E-state index is 12.3. The molecule has 7 nitrogen and oxygen atoms in total. The first-order valence-electron chi connectivity index (χ1n) is 8.09. The van der Waals surface area contributed by atoms with E-state index >= 15 is 0 Å². The van der Waals surface area contributed by atoms with Gasteiger partial charge in [-0.25, -0.2) is 4.79 Å². The van der Waals surface area contributed by atoms with E-state index in [9.17, 15) is 19.5 Å². The van der Waals surface area contributed by atoms with E-state index in [1.165, 1.54) is 14.2 Å². The molecule has 0 saturated heterocycles. The summed E-state index contributed by atoms with van der Waals surface area (Å²) in [6.45, 7) is 0. The summed E-state index contributed by atoms with van der Waals surface area (Å²) in [6, 6.07) is 0. The topological polar surface area (TPSA) is 106 Å². The first kappa shape index (κ1) is 18.0. The lowest BCUT2D eigenvalue weighted by atomic mass is 9.75. The summed E-state index contributed by atoms with van der Waals surface area (Å²) in [6.07, 6.45) is 5.98. The number of nitrogens with one attached hydrogen (secondary N) is 1. The number of carbonyl (C=O) groups is 2. The molecular formula is C17H23NO6. The van der Waals surface area contributed by atoms with E-state index in [4.69, 9.17) is 4.74 Å². The molecule has 0 aliphatic heterocycles. The molecule has 24 heavy (non-hydrogen) atoms. The molecule has 1 fully saturated rings. The first-order chi connectivity index (χ1) is 11.5. The number of aromatic nitrogens is 1. The van der Waals surface area contributed by atoms with Crippen molar-refractivity contribution in [1.82, 2.24) is 4.98 Å². The van der Waals surface area contributed by atoms with Gasteiger partial charge in [-0.1, -0.05) is 19.3 Å². The first-order valence-corrected chi connectivity index (χ1v) is 8.09. The van der Waals surface area contributed by atoms with Gasteiger partial charge >= 0.3 is 11.9 Å². The molecule has 0 aromatic carbocycles. The Kier molecular flexibility index (Phi) is 6.00. The molecule has 0 spiro atoms. The number of H-pyrrole nitrogens is 1. The van der Waals surface area contributed by atoms with Gasteiger partial charge in [-0.3, -0.25) is 9.59 Å². The van der Waals surface area contributed by atoms with Gasteiger partial charge in [0.1, 0.15) is 11.3 Å². The molecule has 1 aromatic heterocycles. The highest BCUT2D eigenvalue weighted by atomic mass is 16.5. The maximum absolute atomic E-state index is 12.3. The Hall–Kier alpha value is -2.31. The summed E-state index contributed by atoms with van der Waals surface area (Å²) < 4.78 is 9.37. The van der Waals surface area contributed by atoms with Crippen LogP contribution in [-0.2, 0) is 14.3 Å². The summed E-state index contributed by atoms with van der Waals surface area (Å²) >= 11 is 0. The fourth-order valence-corrected chi connectivity index (χ4v) is 3.45. The van der Waals surface area contributed by atoms with Crippen molar-refractivity contribution in [3.63, 3.8) is 0 Å². The van der Waals surface area contributed by atoms with Gasteiger partial charge in [-0.15, -0.1) is 0 Å². The van der Waals surface area contributed by atoms with Crippen LogP contribution in [-0.4, -0.2) is 36.2 Å². The number of ether oxygens (including phenoxy) is 2. The van der Waals surface area contributed by atoms with Crippen molar-refractivity contribution in [2.24, 2.45) is 5.92 Å². The van der Waals surface area contributed by atoms with Crippen molar-refractivity contribution in [3.8, 4) is 5.75 Å². The van der Waals surface area contributed by atoms with Crippen molar-refractivity contribution in [2.75, 3.05) is 14.2 Å². The zero-order valence-electron chi connectivity index (χ0n) is 14.0. The molecule has 1 atom stereocenters. The second-order valence-electron chi connectivity index (χ2n) is 6.07. The van der Waals surface area contributed by atoms with Gasteiger partial charge < -0.3 is 19.6 Å². The number of hydrogen-bond donors (Lipinski definition) is 2.